The van der Waals surface area contributed by atoms with Crippen LogP contribution in [0.3, 0.4) is 0 Å². The molecule has 2 aromatic rings. The van der Waals surface area contributed by atoms with Gasteiger partial charge >= 0.3 is 0 Å². The lowest BCUT2D eigenvalue weighted by Gasteiger charge is -2.09. The van der Waals surface area contributed by atoms with Crippen LogP contribution in [-0.2, 0) is 13.2 Å². The molecule has 2 N–H and O–H groups in total. The SMILES string of the molecule is OCCCNCc1ccc(OCc2ccc(Cl)c(Cl)c2)cc1. The number of hydrogen-bond acceptors (Lipinski definition) is 3. The van der Waals surface area contributed by atoms with Gasteiger partial charge in [0, 0.05) is 13.2 Å². The number of rotatable bonds is 8. The van der Waals surface area contributed by atoms with E-state index < -0.39 is 0 Å². The Kier molecular flexibility index (Phi) is 7.00. The van der Waals surface area contributed by atoms with Gasteiger partial charge in [-0.05, 0) is 48.4 Å². The summed E-state index contributed by atoms with van der Waals surface area (Å²) in [7, 11) is 0. The lowest BCUT2D eigenvalue weighted by molar-refractivity contribution is 0.286. The van der Waals surface area contributed by atoms with E-state index in [4.69, 9.17) is 33.0 Å². The lowest BCUT2D eigenvalue weighted by atomic mass is 10.2. The molecular weight excluding hydrogens is 321 g/mol. The van der Waals surface area contributed by atoms with Gasteiger partial charge in [0.15, 0.2) is 0 Å². The van der Waals surface area contributed by atoms with Crippen molar-refractivity contribution in [2.75, 3.05) is 13.2 Å². The van der Waals surface area contributed by atoms with Crippen LogP contribution in [0, 0.1) is 0 Å². The number of aliphatic hydroxyl groups excluding tert-OH is 1. The number of nitrogens with one attached hydrogen (secondary N) is 1. The van der Waals surface area contributed by atoms with Gasteiger partial charge < -0.3 is 15.2 Å². The molecule has 0 aliphatic rings. The maximum absolute atomic E-state index is 8.71. The van der Waals surface area contributed by atoms with Gasteiger partial charge in [-0.15, -0.1) is 0 Å². The van der Waals surface area contributed by atoms with Crippen LogP contribution < -0.4 is 10.1 Å². The van der Waals surface area contributed by atoms with Crippen molar-refractivity contribution in [3.05, 3.63) is 63.6 Å². The number of hydrogen-bond donors (Lipinski definition) is 2. The Morgan fingerprint density at radius 2 is 1.68 bits per heavy atom. The lowest BCUT2D eigenvalue weighted by Crippen LogP contribution is -2.15. The molecule has 0 fully saturated rings. The molecule has 0 bridgehead atoms. The van der Waals surface area contributed by atoms with E-state index in [-0.39, 0.29) is 6.61 Å². The van der Waals surface area contributed by atoms with E-state index in [2.05, 4.69) is 5.32 Å². The molecule has 0 unspecified atom stereocenters. The summed E-state index contributed by atoms with van der Waals surface area (Å²) < 4.78 is 5.73. The minimum Gasteiger partial charge on any atom is -0.489 e. The van der Waals surface area contributed by atoms with Gasteiger partial charge in [-0.3, -0.25) is 0 Å². The molecule has 0 amide bonds. The van der Waals surface area contributed by atoms with Crippen molar-refractivity contribution in [1.82, 2.24) is 5.32 Å². The van der Waals surface area contributed by atoms with Crippen molar-refractivity contribution in [3.63, 3.8) is 0 Å². The minimum atomic E-state index is 0.217. The molecule has 2 aromatic carbocycles. The molecule has 0 spiro atoms. The van der Waals surface area contributed by atoms with E-state index in [1.54, 1.807) is 6.07 Å². The molecule has 0 aliphatic heterocycles. The summed E-state index contributed by atoms with van der Waals surface area (Å²) in [5, 5.41) is 13.1. The Bertz CT molecular complexity index is 588. The molecule has 0 aliphatic carbocycles. The highest BCUT2D eigenvalue weighted by Gasteiger charge is 2.01. The van der Waals surface area contributed by atoms with Crippen LogP contribution in [0.4, 0.5) is 0 Å². The molecule has 0 aromatic heterocycles. The second-order valence-corrected chi connectivity index (χ2v) is 5.75. The Balaban J connectivity index is 1.82. The third kappa shape index (κ3) is 5.50. The van der Waals surface area contributed by atoms with Crippen molar-refractivity contribution >= 4 is 23.2 Å². The molecule has 3 nitrogen and oxygen atoms in total. The topological polar surface area (TPSA) is 41.5 Å². The molecule has 118 valence electrons. The predicted molar refractivity (Wildman–Crippen MR) is 90.6 cm³/mol. The number of halogens is 2. The van der Waals surface area contributed by atoms with Gasteiger partial charge in [-0.2, -0.15) is 0 Å². The molecule has 22 heavy (non-hydrogen) atoms. The molecular formula is C17H19Cl2NO2. The quantitative estimate of drug-likeness (QED) is 0.713. The van der Waals surface area contributed by atoms with Crippen LogP contribution in [0.25, 0.3) is 0 Å². The highest BCUT2D eigenvalue weighted by molar-refractivity contribution is 6.42. The highest BCUT2D eigenvalue weighted by atomic mass is 35.5. The summed E-state index contributed by atoms with van der Waals surface area (Å²) >= 11 is 11.9. The number of aliphatic hydroxyl groups is 1. The third-order valence-electron chi connectivity index (χ3n) is 3.15. The molecule has 2 rings (SSSR count). The molecule has 0 saturated carbocycles. The molecule has 0 atom stereocenters. The highest BCUT2D eigenvalue weighted by Crippen LogP contribution is 2.23. The minimum absolute atomic E-state index is 0.217. The van der Waals surface area contributed by atoms with Gasteiger partial charge in [0.2, 0.25) is 0 Å². The first-order valence-electron chi connectivity index (χ1n) is 7.16. The maximum atomic E-state index is 8.71. The van der Waals surface area contributed by atoms with Gasteiger partial charge in [-0.25, -0.2) is 0 Å². The predicted octanol–water partition coefficient (Wildman–Crippen LogP) is 4.04. The van der Waals surface area contributed by atoms with E-state index >= 15 is 0 Å². The molecule has 0 saturated heterocycles. The van der Waals surface area contributed by atoms with Crippen LogP contribution >= 0.6 is 23.2 Å². The van der Waals surface area contributed by atoms with E-state index in [1.807, 2.05) is 36.4 Å². The van der Waals surface area contributed by atoms with Crippen molar-refractivity contribution in [3.8, 4) is 5.75 Å². The number of ether oxygens (including phenoxy) is 1. The molecule has 0 heterocycles. The van der Waals surface area contributed by atoms with Crippen molar-refractivity contribution in [2.45, 2.75) is 19.6 Å². The summed E-state index contributed by atoms with van der Waals surface area (Å²) in [5.74, 6) is 0.810. The van der Waals surface area contributed by atoms with Crippen LogP contribution in [0.15, 0.2) is 42.5 Å². The van der Waals surface area contributed by atoms with E-state index in [9.17, 15) is 0 Å². The second-order valence-electron chi connectivity index (χ2n) is 4.94. The first-order valence-corrected chi connectivity index (χ1v) is 7.92. The van der Waals surface area contributed by atoms with Crippen molar-refractivity contribution in [2.24, 2.45) is 0 Å². The smallest absolute Gasteiger partial charge is 0.119 e. The zero-order valence-electron chi connectivity index (χ0n) is 12.2. The van der Waals surface area contributed by atoms with E-state index in [1.165, 1.54) is 5.56 Å². The summed E-state index contributed by atoms with van der Waals surface area (Å²) in [5.41, 5.74) is 2.16. The van der Waals surface area contributed by atoms with E-state index in [0.717, 1.165) is 30.8 Å². The Labute approximate surface area is 140 Å². The van der Waals surface area contributed by atoms with Gasteiger partial charge in [0.05, 0.1) is 10.0 Å². The summed E-state index contributed by atoms with van der Waals surface area (Å²) in [6, 6.07) is 13.4. The van der Waals surface area contributed by atoms with E-state index in [0.29, 0.717) is 16.7 Å². The van der Waals surface area contributed by atoms with Crippen molar-refractivity contribution in [1.29, 1.82) is 0 Å². The average molecular weight is 340 g/mol. The fraction of sp³-hybridized carbons (Fsp3) is 0.294. The maximum Gasteiger partial charge on any atom is 0.119 e. The van der Waals surface area contributed by atoms with Crippen molar-refractivity contribution < 1.29 is 9.84 Å². The normalized spacial score (nSPS) is 10.7. The Morgan fingerprint density at radius 3 is 2.36 bits per heavy atom. The summed E-state index contributed by atoms with van der Waals surface area (Å²) in [4.78, 5) is 0. The van der Waals surface area contributed by atoms with Gasteiger partial charge in [0.1, 0.15) is 12.4 Å². The monoisotopic (exact) mass is 339 g/mol. The number of benzene rings is 2. The summed E-state index contributed by atoms with van der Waals surface area (Å²) in [6.07, 6.45) is 0.769. The fourth-order valence-electron chi connectivity index (χ4n) is 1.94. The first kappa shape index (κ1) is 17.1. The fourth-order valence-corrected chi connectivity index (χ4v) is 2.26. The zero-order valence-corrected chi connectivity index (χ0v) is 13.7. The van der Waals surface area contributed by atoms with Gasteiger partial charge in [0.25, 0.3) is 0 Å². The van der Waals surface area contributed by atoms with Crippen LogP contribution in [0.2, 0.25) is 10.0 Å². The Morgan fingerprint density at radius 1 is 0.955 bits per heavy atom. The zero-order chi connectivity index (χ0) is 15.8. The molecule has 5 heteroatoms. The largest absolute Gasteiger partial charge is 0.489 e. The average Bonchev–Trinajstić information content (AvgIpc) is 2.54. The van der Waals surface area contributed by atoms with Gasteiger partial charge in [-0.1, -0.05) is 41.4 Å². The van der Waals surface area contributed by atoms with Crippen LogP contribution in [-0.4, -0.2) is 18.3 Å². The van der Waals surface area contributed by atoms with Crippen LogP contribution in [0.5, 0.6) is 5.75 Å². The summed E-state index contributed by atoms with van der Waals surface area (Å²) in [6.45, 7) is 2.26. The van der Waals surface area contributed by atoms with Crippen LogP contribution in [0.1, 0.15) is 17.5 Å². The third-order valence-corrected chi connectivity index (χ3v) is 3.89. The standard InChI is InChI=1S/C17H19Cl2NO2/c18-16-7-4-14(10-17(16)19)12-22-15-5-2-13(3-6-15)11-20-8-1-9-21/h2-7,10,20-21H,1,8-9,11-12H2. The molecule has 0 radical (unpaired) electrons. The second kappa shape index (κ2) is 9.01. The Hall–Kier alpha value is -1.26. The first-order chi connectivity index (χ1) is 10.7.